The molecule has 0 amide bonds. The van der Waals surface area contributed by atoms with Gasteiger partial charge in [-0.2, -0.15) is 0 Å². The Labute approximate surface area is 170 Å². The van der Waals surface area contributed by atoms with Crippen molar-refractivity contribution in [3.05, 3.63) is 0 Å². The third-order valence-corrected chi connectivity index (χ3v) is 10.3. The van der Waals surface area contributed by atoms with Gasteiger partial charge < -0.3 is 15.3 Å². The first-order chi connectivity index (χ1) is 13.2. The van der Waals surface area contributed by atoms with Gasteiger partial charge in [0.2, 0.25) is 0 Å². The Morgan fingerprint density at radius 1 is 1.04 bits per heavy atom. The van der Waals surface area contributed by atoms with Crippen molar-refractivity contribution in [1.82, 2.24) is 0 Å². The quantitative estimate of drug-likeness (QED) is 0.659. The lowest BCUT2D eigenvalue weighted by atomic mass is 9.43. The van der Waals surface area contributed by atoms with Gasteiger partial charge in [-0.25, -0.2) is 0 Å². The summed E-state index contributed by atoms with van der Waals surface area (Å²) in [4.78, 5) is 11.1. The first kappa shape index (κ1) is 20.7. The summed E-state index contributed by atoms with van der Waals surface area (Å²) in [6, 6.07) is 0. The molecule has 0 aromatic carbocycles. The molecule has 0 unspecified atom stereocenters. The summed E-state index contributed by atoms with van der Waals surface area (Å²) >= 11 is 0. The Balaban J connectivity index is 1.56. The van der Waals surface area contributed by atoms with Crippen LogP contribution in [-0.2, 0) is 4.79 Å². The van der Waals surface area contributed by atoms with Gasteiger partial charge in [-0.1, -0.05) is 20.8 Å². The van der Waals surface area contributed by atoms with E-state index in [0.717, 1.165) is 38.5 Å². The minimum atomic E-state index is -0.707. The van der Waals surface area contributed by atoms with Crippen molar-refractivity contribution in [2.45, 2.75) is 97.2 Å². The van der Waals surface area contributed by atoms with Crippen LogP contribution < -0.4 is 0 Å². The minimum Gasteiger partial charge on any atom is -0.481 e. The van der Waals surface area contributed by atoms with E-state index in [2.05, 4.69) is 20.8 Å². The fourth-order valence-corrected chi connectivity index (χ4v) is 8.71. The molecule has 10 atom stereocenters. The SMILES string of the molecule is C[C@H](CCC(=O)O)[C@@H]1CC[C@@H]2[C@H]3CC[C@H]4C[C@@H](O)CC[C@@]4(C)[C@@H]3C[C@@H](O)[C@]21C. The molecule has 4 aliphatic rings. The fraction of sp³-hybridized carbons (Fsp3) is 0.958. The summed E-state index contributed by atoms with van der Waals surface area (Å²) in [5.74, 6) is 2.55. The number of hydrogen-bond donors (Lipinski definition) is 3. The molecule has 4 saturated carbocycles. The van der Waals surface area contributed by atoms with Crippen LogP contribution in [0.1, 0.15) is 85.0 Å². The van der Waals surface area contributed by atoms with Gasteiger partial charge in [-0.15, -0.1) is 0 Å². The molecule has 4 heteroatoms. The molecule has 0 aromatic rings. The molecule has 0 aromatic heterocycles. The second-order valence-electron chi connectivity index (χ2n) is 11.3. The largest absolute Gasteiger partial charge is 0.481 e. The smallest absolute Gasteiger partial charge is 0.303 e. The van der Waals surface area contributed by atoms with Crippen molar-refractivity contribution in [3.8, 4) is 0 Å². The zero-order chi connectivity index (χ0) is 20.3. The van der Waals surface area contributed by atoms with Crippen molar-refractivity contribution in [1.29, 1.82) is 0 Å². The Hall–Kier alpha value is -0.610. The highest BCUT2D eigenvalue weighted by molar-refractivity contribution is 5.66. The Bertz CT molecular complexity index is 605. The lowest BCUT2D eigenvalue weighted by Gasteiger charge is -2.62. The molecule has 4 rings (SSSR count). The second kappa shape index (κ2) is 7.27. The summed E-state index contributed by atoms with van der Waals surface area (Å²) in [7, 11) is 0. The minimum absolute atomic E-state index is 0.0591. The zero-order valence-corrected chi connectivity index (χ0v) is 17.9. The summed E-state index contributed by atoms with van der Waals surface area (Å²) in [6.07, 6.45) is 9.26. The Morgan fingerprint density at radius 2 is 1.79 bits per heavy atom. The number of hydrogen-bond acceptors (Lipinski definition) is 3. The van der Waals surface area contributed by atoms with Crippen molar-refractivity contribution >= 4 is 5.97 Å². The Morgan fingerprint density at radius 3 is 2.50 bits per heavy atom. The van der Waals surface area contributed by atoms with Crippen molar-refractivity contribution < 1.29 is 20.1 Å². The van der Waals surface area contributed by atoms with Crippen LogP contribution >= 0.6 is 0 Å². The van der Waals surface area contributed by atoms with Gasteiger partial charge in [0.25, 0.3) is 0 Å². The van der Waals surface area contributed by atoms with Crippen LogP contribution in [0.3, 0.4) is 0 Å². The first-order valence-electron chi connectivity index (χ1n) is 11.8. The first-order valence-corrected chi connectivity index (χ1v) is 11.8. The number of carbonyl (C=O) groups is 1. The third-order valence-electron chi connectivity index (χ3n) is 10.3. The van der Waals surface area contributed by atoms with Gasteiger partial charge in [-0.05, 0) is 104 Å². The monoisotopic (exact) mass is 392 g/mol. The van der Waals surface area contributed by atoms with Crippen LogP contribution in [0.4, 0.5) is 0 Å². The van der Waals surface area contributed by atoms with E-state index in [1.54, 1.807) is 0 Å². The average Bonchev–Trinajstić information content (AvgIpc) is 3.00. The number of aliphatic carboxylic acids is 1. The lowest BCUT2D eigenvalue weighted by Crippen LogP contribution is -2.58. The molecular weight excluding hydrogens is 352 g/mol. The molecule has 4 fully saturated rings. The fourth-order valence-electron chi connectivity index (χ4n) is 8.71. The van der Waals surface area contributed by atoms with E-state index < -0.39 is 5.97 Å². The van der Waals surface area contributed by atoms with E-state index in [-0.39, 0.29) is 29.5 Å². The maximum atomic E-state index is 11.5. The van der Waals surface area contributed by atoms with E-state index in [0.29, 0.717) is 35.5 Å². The molecule has 28 heavy (non-hydrogen) atoms. The van der Waals surface area contributed by atoms with Gasteiger partial charge in [0.15, 0.2) is 0 Å². The standard InChI is InChI=1S/C24H40O4/c1-14(4-9-22(27)28)18-7-8-19-17-6-5-15-12-16(25)10-11-23(15,2)20(17)13-21(26)24(18,19)3/h14-21,25-26H,4-13H2,1-3H3,(H,27,28)/t14-,15+,16+,17-,18+,19-,20-,21-,23-,24+/m1/s1. The number of rotatable bonds is 4. The topological polar surface area (TPSA) is 77.8 Å². The van der Waals surface area contributed by atoms with E-state index in [1.165, 1.54) is 19.3 Å². The number of aliphatic hydroxyl groups excluding tert-OH is 2. The third kappa shape index (κ3) is 3.05. The highest BCUT2D eigenvalue weighted by Gasteiger charge is 2.63. The van der Waals surface area contributed by atoms with Crippen molar-refractivity contribution in [2.75, 3.05) is 0 Å². The van der Waals surface area contributed by atoms with Crippen LogP contribution in [0.5, 0.6) is 0 Å². The number of carboxylic acid groups (broad SMARTS) is 1. The predicted molar refractivity (Wildman–Crippen MR) is 109 cm³/mol. The van der Waals surface area contributed by atoms with Crippen LogP contribution in [0, 0.1) is 46.3 Å². The molecule has 0 spiro atoms. The average molecular weight is 393 g/mol. The summed E-state index contributed by atoms with van der Waals surface area (Å²) in [5, 5.41) is 30.8. The van der Waals surface area contributed by atoms with E-state index in [9.17, 15) is 15.0 Å². The molecule has 0 heterocycles. The van der Waals surface area contributed by atoms with Gasteiger partial charge in [0.05, 0.1) is 12.2 Å². The maximum Gasteiger partial charge on any atom is 0.303 e. The van der Waals surface area contributed by atoms with Gasteiger partial charge in [0, 0.05) is 6.42 Å². The number of fused-ring (bicyclic) bond motifs is 5. The molecular formula is C24H40O4. The van der Waals surface area contributed by atoms with Gasteiger partial charge in [-0.3, -0.25) is 4.79 Å². The molecule has 0 bridgehead atoms. The van der Waals surface area contributed by atoms with Crippen LogP contribution in [0.2, 0.25) is 0 Å². The van der Waals surface area contributed by atoms with Crippen molar-refractivity contribution in [2.24, 2.45) is 46.3 Å². The number of aliphatic hydroxyl groups is 2. The Kier molecular flexibility index (Phi) is 5.36. The van der Waals surface area contributed by atoms with Gasteiger partial charge in [0.1, 0.15) is 0 Å². The van der Waals surface area contributed by atoms with Crippen molar-refractivity contribution in [3.63, 3.8) is 0 Å². The molecule has 4 aliphatic carbocycles. The highest BCUT2D eigenvalue weighted by Crippen LogP contribution is 2.68. The summed E-state index contributed by atoms with van der Waals surface area (Å²) in [5.41, 5.74) is 0.216. The molecule has 0 saturated heterocycles. The molecule has 4 nitrogen and oxygen atoms in total. The lowest BCUT2D eigenvalue weighted by molar-refractivity contribution is -0.175. The summed E-state index contributed by atoms with van der Waals surface area (Å²) in [6.45, 7) is 6.99. The zero-order valence-electron chi connectivity index (χ0n) is 17.9. The normalized spacial score (nSPS) is 51.7. The summed E-state index contributed by atoms with van der Waals surface area (Å²) < 4.78 is 0. The van der Waals surface area contributed by atoms with Crippen LogP contribution in [-0.4, -0.2) is 33.5 Å². The van der Waals surface area contributed by atoms with Gasteiger partial charge >= 0.3 is 5.97 Å². The van der Waals surface area contributed by atoms with E-state index >= 15 is 0 Å². The second-order valence-corrected chi connectivity index (χ2v) is 11.3. The predicted octanol–water partition coefficient (Wildman–Crippen LogP) is 4.48. The van der Waals surface area contributed by atoms with Crippen LogP contribution in [0.15, 0.2) is 0 Å². The molecule has 0 aliphatic heterocycles. The number of carboxylic acids is 1. The van der Waals surface area contributed by atoms with Crippen LogP contribution in [0.25, 0.3) is 0 Å². The maximum absolute atomic E-state index is 11.5. The van der Waals surface area contributed by atoms with E-state index in [4.69, 9.17) is 5.11 Å². The molecule has 3 N–H and O–H groups in total. The molecule has 0 radical (unpaired) electrons. The van der Waals surface area contributed by atoms with E-state index in [1.807, 2.05) is 0 Å². The highest BCUT2D eigenvalue weighted by atomic mass is 16.4. The molecule has 160 valence electrons.